The lowest BCUT2D eigenvalue weighted by Crippen LogP contribution is -2.43. The summed E-state index contributed by atoms with van der Waals surface area (Å²) in [6, 6.07) is 1.10. The van der Waals surface area contributed by atoms with E-state index >= 15 is 0 Å². The van der Waals surface area contributed by atoms with Gasteiger partial charge in [-0.1, -0.05) is 0 Å². The molecule has 0 amide bonds. The van der Waals surface area contributed by atoms with Gasteiger partial charge in [0.15, 0.2) is 18.3 Å². The Balaban J connectivity index is 3.46. The minimum Gasteiger partial charge on any atom is -0.478 e. The minimum atomic E-state index is -1.49. The summed E-state index contributed by atoms with van der Waals surface area (Å²) in [4.78, 5) is 57.3. The predicted octanol–water partition coefficient (Wildman–Crippen LogP) is 1.32. The van der Waals surface area contributed by atoms with Crippen molar-refractivity contribution in [3.8, 4) is 0 Å². The monoisotopic (exact) mass is 414 g/mol. The molecule has 0 unspecified atom stereocenters. The van der Waals surface area contributed by atoms with Crippen molar-refractivity contribution in [3.63, 3.8) is 0 Å². The standard InChI is InChI=1S/C18H22O11/c1-8-13(18(23)24)6-14(26-8)16(28-11(4)21)17(29-12(5)22)15(27-10(3)20)7-25-9(2)19/h6,15-17H,7H2,1-5H3,(H,23,24)/t15-,16-,17-/m1/s1. The summed E-state index contributed by atoms with van der Waals surface area (Å²) < 4.78 is 25.7. The molecule has 1 aromatic heterocycles. The lowest BCUT2D eigenvalue weighted by Gasteiger charge is -2.30. The first-order chi connectivity index (χ1) is 13.4. The van der Waals surface area contributed by atoms with Gasteiger partial charge in [-0.2, -0.15) is 0 Å². The van der Waals surface area contributed by atoms with E-state index in [4.69, 9.17) is 23.4 Å². The number of carboxylic acid groups (broad SMARTS) is 1. The molecule has 0 saturated carbocycles. The van der Waals surface area contributed by atoms with Crippen molar-refractivity contribution in [1.29, 1.82) is 0 Å². The molecule has 1 heterocycles. The minimum absolute atomic E-state index is 0.00949. The average molecular weight is 414 g/mol. The molecule has 29 heavy (non-hydrogen) atoms. The molecular formula is C18H22O11. The van der Waals surface area contributed by atoms with Gasteiger partial charge in [0, 0.05) is 27.7 Å². The molecule has 1 rings (SSSR count). The first kappa shape index (κ1) is 23.7. The molecule has 0 spiro atoms. The van der Waals surface area contributed by atoms with Crippen LogP contribution in [0.4, 0.5) is 0 Å². The van der Waals surface area contributed by atoms with E-state index in [-0.39, 0.29) is 17.1 Å². The highest BCUT2D eigenvalue weighted by Gasteiger charge is 2.41. The smallest absolute Gasteiger partial charge is 0.339 e. The van der Waals surface area contributed by atoms with Crippen molar-refractivity contribution in [2.75, 3.05) is 6.61 Å². The maximum absolute atomic E-state index is 11.6. The summed E-state index contributed by atoms with van der Waals surface area (Å²) in [7, 11) is 0. The second-order valence-electron chi connectivity index (χ2n) is 5.98. The SMILES string of the molecule is CC(=O)OC[C@@H](OC(C)=O)[C@@H](OC(C)=O)[C@H](OC(C)=O)c1cc(C(=O)O)c(C)o1. The number of rotatable bonds is 9. The molecule has 160 valence electrons. The van der Waals surface area contributed by atoms with Gasteiger partial charge in [-0.3, -0.25) is 19.2 Å². The Morgan fingerprint density at radius 3 is 1.90 bits per heavy atom. The zero-order valence-corrected chi connectivity index (χ0v) is 16.5. The van der Waals surface area contributed by atoms with Crippen LogP contribution in [0.5, 0.6) is 0 Å². The number of aryl methyl sites for hydroxylation is 1. The van der Waals surface area contributed by atoms with E-state index in [1.165, 1.54) is 6.92 Å². The van der Waals surface area contributed by atoms with Crippen LogP contribution in [0, 0.1) is 6.92 Å². The van der Waals surface area contributed by atoms with Crippen molar-refractivity contribution in [1.82, 2.24) is 0 Å². The number of aromatic carboxylic acids is 1. The van der Waals surface area contributed by atoms with E-state index < -0.39 is 54.8 Å². The van der Waals surface area contributed by atoms with Crippen molar-refractivity contribution >= 4 is 29.8 Å². The van der Waals surface area contributed by atoms with Crippen molar-refractivity contribution in [3.05, 3.63) is 23.2 Å². The normalized spacial score (nSPS) is 13.6. The molecule has 0 saturated heterocycles. The second-order valence-corrected chi connectivity index (χ2v) is 5.98. The van der Waals surface area contributed by atoms with Gasteiger partial charge in [0.25, 0.3) is 0 Å². The van der Waals surface area contributed by atoms with Crippen molar-refractivity contribution in [2.45, 2.75) is 52.9 Å². The first-order valence-electron chi connectivity index (χ1n) is 8.41. The topological polar surface area (TPSA) is 156 Å². The molecule has 0 bridgehead atoms. The van der Waals surface area contributed by atoms with Gasteiger partial charge in [0.05, 0.1) is 0 Å². The van der Waals surface area contributed by atoms with Gasteiger partial charge in [-0.15, -0.1) is 0 Å². The number of carboxylic acids is 1. The molecule has 1 N–H and O–H groups in total. The Morgan fingerprint density at radius 1 is 0.931 bits per heavy atom. The Morgan fingerprint density at radius 2 is 1.48 bits per heavy atom. The third kappa shape index (κ3) is 7.28. The van der Waals surface area contributed by atoms with Crippen LogP contribution in [0.15, 0.2) is 10.5 Å². The maximum Gasteiger partial charge on any atom is 0.339 e. The van der Waals surface area contributed by atoms with Crippen LogP contribution in [0.25, 0.3) is 0 Å². The number of furan rings is 1. The fourth-order valence-corrected chi connectivity index (χ4v) is 2.46. The van der Waals surface area contributed by atoms with Crippen LogP contribution in [-0.4, -0.2) is 53.8 Å². The molecule has 11 nitrogen and oxygen atoms in total. The van der Waals surface area contributed by atoms with E-state index in [2.05, 4.69) is 0 Å². The molecule has 11 heteroatoms. The Kier molecular flexibility index (Phi) is 8.37. The summed E-state index contributed by atoms with van der Waals surface area (Å²) in [5.74, 6) is -4.57. The average Bonchev–Trinajstić information content (AvgIpc) is 2.95. The van der Waals surface area contributed by atoms with Crippen molar-refractivity contribution < 1.29 is 52.4 Å². The molecule has 0 aliphatic rings. The summed E-state index contributed by atoms with van der Waals surface area (Å²) >= 11 is 0. The lowest BCUT2D eigenvalue weighted by molar-refractivity contribution is -0.191. The van der Waals surface area contributed by atoms with E-state index in [0.29, 0.717) is 0 Å². The number of carbonyl (C=O) groups is 5. The zero-order chi connectivity index (χ0) is 22.3. The van der Waals surface area contributed by atoms with Gasteiger partial charge in [-0.25, -0.2) is 4.79 Å². The van der Waals surface area contributed by atoms with Gasteiger partial charge >= 0.3 is 29.8 Å². The summed E-state index contributed by atoms with van der Waals surface area (Å²) in [6.45, 7) is 5.18. The predicted molar refractivity (Wildman–Crippen MR) is 92.7 cm³/mol. The molecule has 0 aromatic carbocycles. The quantitative estimate of drug-likeness (QED) is 0.459. The summed E-state index contributed by atoms with van der Waals surface area (Å²) in [5.41, 5.74) is -0.206. The Labute approximate surface area is 165 Å². The zero-order valence-electron chi connectivity index (χ0n) is 16.5. The Bertz CT molecular complexity index is 792. The fourth-order valence-electron chi connectivity index (χ4n) is 2.46. The molecule has 0 fully saturated rings. The highest BCUT2D eigenvalue weighted by Crippen LogP contribution is 2.31. The molecule has 0 aliphatic heterocycles. The van der Waals surface area contributed by atoms with E-state index in [1.54, 1.807) is 0 Å². The second kappa shape index (κ2) is 10.2. The molecule has 0 aliphatic carbocycles. The summed E-state index contributed by atoms with van der Waals surface area (Å²) in [5, 5.41) is 9.22. The Hall–Kier alpha value is -3.37. The molecule has 1 aromatic rings. The van der Waals surface area contributed by atoms with Crippen LogP contribution in [0.2, 0.25) is 0 Å². The molecule has 0 radical (unpaired) electrons. The van der Waals surface area contributed by atoms with Crippen molar-refractivity contribution in [2.24, 2.45) is 0 Å². The fraction of sp³-hybridized carbons (Fsp3) is 0.500. The number of hydrogen-bond donors (Lipinski definition) is 1. The molecular weight excluding hydrogens is 392 g/mol. The van der Waals surface area contributed by atoms with Crippen LogP contribution in [-0.2, 0) is 38.1 Å². The maximum atomic E-state index is 11.6. The van der Waals surface area contributed by atoms with Crippen LogP contribution < -0.4 is 0 Å². The van der Waals surface area contributed by atoms with Crippen LogP contribution in [0.3, 0.4) is 0 Å². The van der Waals surface area contributed by atoms with Crippen LogP contribution >= 0.6 is 0 Å². The first-order valence-corrected chi connectivity index (χ1v) is 8.41. The van der Waals surface area contributed by atoms with Gasteiger partial charge in [0.2, 0.25) is 0 Å². The number of hydrogen-bond acceptors (Lipinski definition) is 10. The van der Waals surface area contributed by atoms with E-state index in [1.807, 2.05) is 0 Å². The van der Waals surface area contributed by atoms with Gasteiger partial charge < -0.3 is 28.5 Å². The van der Waals surface area contributed by atoms with Crippen LogP contribution in [0.1, 0.15) is 55.7 Å². The third-order valence-electron chi connectivity index (χ3n) is 3.48. The summed E-state index contributed by atoms with van der Waals surface area (Å²) in [6.07, 6.45) is -4.35. The third-order valence-corrected chi connectivity index (χ3v) is 3.48. The van der Waals surface area contributed by atoms with Gasteiger partial charge in [0.1, 0.15) is 23.7 Å². The highest BCUT2D eigenvalue weighted by molar-refractivity contribution is 5.88. The number of esters is 4. The number of carbonyl (C=O) groups excluding carboxylic acids is 4. The lowest BCUT2D eigenvalue weighted by atomic mass is 10.0. The number of ether oxygens (including phenoxy) is 4. The highest BCUT2D eigenvalue weighted by atomic mass is 16.6. The van der Waals surface area contributed by atoms with Gasteiger partial charge in [-0.05, 0) is 13.0 Å². The van der Waals surface area contributed by atoms with E-state index in [9.17, 15) is 29.1 Å². The largest absolute Gasteiger partial charge is 0.478 e. The molecule has 3 atom stereocenters. The van der Waals surface area contributed by atoms with E-state index in [0.717, 1.165) is 33.8 Å².